The van der Waals surface area contributed by atoms with Crippen LogP contribution in [0.15, 0.2) is 193 Å². The van der Waals surface area contributed by atoms with E-state index in [9.17, 15) is 0 Å². The number of imidazole rings is 1. The maximum Gasteiger partial charge on any atom is 0.180 e. The van der Waals surface area contributed by atoms with Gasteiger partial charge in [-0.1, -0.05) is 153 Å². The molecule has 0 amide bonds. The molecule has 1 aliphatic heterocycles. The van der Waals surface area contributed by atoms with Crippen molar-refractivity contribution in [2.75, 3.05) is 4.90 Å². The highest BCUT2D eigenvalue weighted by Gasteiger charge is 2.47. The second-order valence-corrected chi connectivity index (χ2v) is 19.6. The van der Waals surface area contributed by atoms with Crippen molar-refractivity contribution in [1.82, 2.24) is 14.5 Å². The van der Waals surface area contributed by atoms with E-state index < -0.39 is 13.5 Å². The van der Waals surface area contributed by atoms with Crippen LogP contribution in [0.3, 0.4) is 0 Å². The van der Waals surface area contributed by atoms with Crippen molar-refractivity contribution in [3.05, 3.63) is 199 Å². The van der Waals surface area contributed by atoms with E-state index in [1.54, 1.807) is 0 Å². The van der Waals surface area contributed by atoms with E-state index in [1.165, 1.54) is 26.3 Å². The van der Waals surface area contributed by atoms with E-state index in [4.69, 9.17) is 14.4 Å². The molecule has 11 rings (SSSR count). The first-order valence-electron chi connectivity index (χ1n) is 19.9. The molecule has 0 aliphatic carbocycles. The Labute approximate surface area is 338 Å². The third-order valence-electron chi connectivity index (χ3n) is 12.4. The number of nitrogens with zero attached hydrogens (tertiary/aromatic N) is 4. The highest BCUT2D eigenvalue weighted by Crippen LogP contribution is 2.54. The van der Waals surface area contributed by atoms with Crippen molar-refractivity contribution < 1.29 is 4.42 Å². The second-order valence-electron chi connectivity index (χ2n) is 15.8. The van der Waals surface area contributed by atoms with Crippen molar-refractivity contribution in [2.24, 2.45) is 7.05 Å². The van der Waals surface area contributed by atoms with E-state index in [1.807, 2.05) is 12.3 Å². The summed E-state index contributed by atoms with van der Waals surface area (Å²) in [5.41, 5.74) is 9.16. The number of anilines is 3. The lowest BCUT2D eigenvalue weighted by Gasteiger charge is -2.43. The zero-order valence-electron chi connectivity index (χ0n) is 32.6. The first-order chi connectivity index (χ1) is 28.5. The van der Waals surface area contributed by atoms with Gasteiger partial charge >= 0.3 is 0 Å². The fourth-order valence-electron chi connectivity index (χ4n) is 9.79. The average molecular weight is 765 g/mol. The smallest absolute Gasteiger partial charge is 0.180 e. The molecule has 0 saturated carbocycles. The number of hydrogen-bond donors (Lipinski definition) is 0. The predicted octanol–water partition coefficient (Wildman–Crippen LogP) is 10.0. The number of pyridine rings is 1. The number of rotatable bonds is 6. The van der Waals surface area contributed by atoms with E-state index in [0.717, 1.165) is 67.1 Å². The van der Waals surface area contributed by atoms with E-state index in [-0.39, 0.29) is 0 Å². The monoisotopic (exact) mass is 764 g/mol. The standard InChI is InChI=1S/C52H40N4OSi/c1-52(2)40-26-11-13-28-42(40)56(47-31-16-17-32-53-47)44-34-46(48-39-25-10-15-30-45(39)57-50(48)49(44)52)58(36-20-6-4-7-21-36,37-22-8-5-9-23-37)38-24-18-19-35(33-38)51-54-41-27-12-14-29-43(41)55(51)3/h4-34H,1-3H3. The molecule has 0 atom stereocenters. The Balaban J connectivity index is 1.33. The van der Waals surface area contributed by atoms with Gasteiger partial charge < -0.3 is 8.98 Å². The Morgan fingerprint density at radius 3 is 2.03 bits per heavy atom. The van der Waals surface area contributed by atoms with Crippen LogP contribution >= 0.6 is 0 Å². The molecule has 0 bridgehead atoms. The van der Waals surface area contributed by atoms with Crippen LogP contribution < -0.4 is 25.6 Å². The molecule has 7 aromatic carbocycles. The van der Waals surface area contributed by atoms with Gasteiger partial charge in [0.2, 0.25) is 0 Å². The predicted molar refractivity (Wildman–Crippen MR) is 242 cm³/mol. The van der Waals surface area contributed by atoms with Gasteiger partial charge in [0.1, 0.15) is 22.8 Å². The molecule has 0 spiro atoms. The minimum atomic E-state index is -3.24. The quantitative estimate of drug-likeness (QED) is 0.125. The fourth-order valence-corrected chi connectivity index (χ4v) is 14.8. The minimum absolute atomic E-state index is 0.397. The first-order valence-corrected chi connectivity index (χ1v) is 21.9. The molecule has 10 aromatic rings. The number of hydrogen-bond acceptors (Lipinski definition) is 4. The molecule has 58 heavy (non-hydrogen) atoms. The molecule has 6 heteroatoms. The van der Waals surface area contributed by atoms with Crippen molar-refractivity contribution in [3.63, 3.8) is 0 Å². The largest absolute Gasteiger partial charge is 0.456 e. The molecule has 0 fully saturated rings. The second kappa shape index (κ2) is 13.0. The molecule has 4 heterocycles. The summed E-state index contributed by atoms with van der Waals surface area (Å²) in [7, 11) is -1.12. The highest BCUT2D eigenvalue weighted by molar-refractivity contribution is 7.21. The highest BCUT2D eigenvalue weighted by atomic mass is 28.3. The first kappa shape index (κ1) is 34.2. The molecular weight excluding hydrogens is 725 g/mol. The summed E-state index contributed by atoms with van der Waals surface area (Å²) in [5.74, 6) is 1.81. The fraction of sp³-hybridized carbons (Fsp3) is 0.0769. The molecule has 0 radical (unpaired) electrons. The van der Waals surface area contributed by atoms with Gasteiger partial charge in [-0.2, -0.15) is 0 Å². The average Bonchev–Trinajstić information content (AvgIpc) is 3.83. The van der Waals surface area contributed by atoms with Gasteiger partial charge in [-0.15, -0.1) is 0 Å². The van der Waals surface area contributed by atoms with Crippen LogP contribution in [0.4, 0.5) is 17.2 Å². The Morgan fingerprint density at radius 2 is 1.28 bits per heavy atom. The molecule has 0 N–H and O–H groups in total. The SMILES string of the molecule is Cn1c(-c2cccc([Si](c3ccccc3)(c3ccccc3)c3cc4c(c5oc6ccccc6c35)C(C)(C)c3ccccc3N4c3ccccn3)c2)nc2ccccc21. The molecule has 0 unspecified atom stereocenters. The summed E-state index contributed by atoms with van der Waals surface area (Å²) < 4.78 is 9.45. The van der Waals surface area contributed by atoms with Gasteiger partial charge in [-0.05, 0) is 68.8 Å². The lowest BCUT2D eigenvalue weighted by Crippen LogP contribution is -2.75. The lowest BCUT2D eigenvalue weighted by atomic mass is 9.73. The maximum absolute atomic E-state index is 7.23. The number of fused-ring (bicyclic) bond motifs is 7. The molecule has 1 aliphatic rings. The van der Waals surface area contributed by atoms with Crippen LogP contribution in [0, 0.1) is 0 Å². The van der Waals surface area contributed by atoms with Gasteiger partial charge in [0, 0.05) is 40.6 Å². The maximum atomic E-state index is 7.23. The number of benzene rings is 7. The topological polar surface area (TPSA) is 47.1 Å². The number of furan rings is 1. The minimum Gasteiger partial charge on any atom is -0.456 e. The molecular formula is C52H40N4OSi. The normalized spacial score (nSPS) is 13.5. The summed E-state index contributed by atoms with van der Waals surface area (Å²) in [6.45, 7) is 4.68. The van der Waals surface area contributed by atoms with Crippen LogP contribution in [0.25, 0.3) is 44.4 Å². The van der Waals surface area contributed by atoms with Crippen molar-refractivity contribution in [2.45, 2.75) is 19.3 Å². The van der Waals surface area contributed by atoms with Gasteiger partial charge in [-0.25, -0.2) is 9.97 Å². The van der Waals surface area contributed by atoms with Crippen LogP contribution in [-0.2, 0) is 12.5 Å². The zero-order chi connectivity index (χ0) is 39.0. The van der Waals surface area contributed by atoms with E-state index in [2.05, 4.69) is 206 Å². The van der Waals surface area contributed by atoms with Gasteiger partial charge in [0.15, 0.2) is 8.07 Å². The lowest BCUT2D eigenvalue weighted by molar-refractivity contribution is 0.602. The zero-order valence-corrected chi connectivity index (χ0v) is 33.6. The Kier molecular flexibility index (Phi) is 7.68. The van der Waals surface area contributed by atoms with Gasteiger partial charge in [0.05, 0.1) is 22.4 Å². The summed E-state index contributed by atoms with van der Waals surface area (Å²) in [5, 5.41) is 7.38. The summed E-state index contributed by atoms with van der Waals surface area (Å²) in [4.78, 5) is 12.6. The van der Waals surface area contributed by atoms with Gasteiger partial charge in [-0.3, -0.25) is 4.90 Å². The molecule has 3 aromatic heterocycles. The summed E-state index contributed by atoms with van der Waals surface area (Å²) in [6.07, 6.45) is 1.89. The van der Waals surface area contributed by atoms with Crippen molar-refractivity contribution in [1.29, 1.82) is 0 Å². The van der Waals surface area contributed by atoms with Crippen molar-refractivity contribution >= 4 is 79.0 Å². The summed E-state index contributed by atoms with van der Waals surface area (Å²) in [6, 6.07) is 66.0. The van der Waals surface area contributed by atoms with Crippen LogP contribution in [0.1, 0.15) is 25.0 Å². The summed E-state index contributed by atoms with van der Waals surface area (Å²) >= 11 is 0. The third-order valence-corrected chi connectivity index (χ3v) is 17.1. The molecule has 278 valence electrons. The van der Waals surface area contributed by atoms with Crippen LogP contribution in [-0.4, -0.2) is 22.6 Å². The number of aromatic nitrogens is 3. The van der Waals surface area contributed by atoms with Crippen LogP contribution in [0.5, 0.6) is 0 Å². The van der Waals surface area contributed by atoms with Crippen molar-refractivity contribution in [3.8, 4) is 11.4 Å². The van der Waals surface area contributed by atoms with Crippen LogP contribution in [0.2, 0.25) is 0 Å². The number of aryl methyl sites for hydroxylation is 1. The third kappa shape index (κ3) is 4.88. The number of para-hydroxylation sites is 4. The van der Waals surface area contributed by atoms with E-state index >= 15 is 0 Å². The Bertz CT molecular complexity index is 3130. The van der Waals surface area contributed by atoms with E-state index in [0.29, 0.717) is 0 Å². The van der Waals surface area contributed by atoms with Gasteiger partial charge in [0.25, 0.3) is 0 Å². The Hall–Kier alpha value is -7.02. The molecule has 5 nitrogen and oxygen atoms in total. The molecule has 0 saturated heterocycles. The Morgan fingerprint density at radius 1 is 0.603 bits per heavy atom.